The van der Waals surface area contributed by atoms with E-state index in [4.69, 9.17) is 0 Å². The zero-order valence-electron chi connectivity index (χ0n) is 13.5. The Labute approximate surface area is 136 Å². The van der Waals surface area contributed by atoms with Crippen LogP contribution in [0.15, 0.2) is 0 Å². The second kappa shape index (κ2) is 5.15. The van der Waals surface area contributed by atoms with Crippen LogP contribution in [0.2, 0.25) is 0 Å². The number of fused-ring (bicyclic) bond motifs is 3. The van der Waals surface area contributed by atoms with E-state index in [9.17, 15) is 9.59 Å². The molecule has 22 heavy (non-hydrogen) atoms. The van der Waals surface area contributed by atoms with Gasteiger partial charge in [-0.1, -0.05) is 6.42 Å². The highest BCUT2D eigenvalue weighted by Crippen LogP contribution is 2.50. The zero-order chi connectivity index (χ0) is 15.5. The fourth-order valence-electron chi connectivity index (χ4n) is 5.35. The van der Waals surface area contributed by atoms with Crippen molar-refractivity contribution in [3.05, 3.63) is 0 Å². The molecule has 2 aliphatic heterocycles. The Morgan fingerprint density at radius 2 is 2.23 bits per heavy atom. The first-order chi connectivity index (χ1) is 10.5. The molecule has 0 aromatic rings. The van der Waals surface area contributed by atoms with Gasteiger partial charge in [0, 0.05) is 18.2 Å². The standard InChI is InChI=1S/C17H26N2O2S/c1-10(13-8-11-3-4-12(13)7-11)18-16(21)14-9-22-17(2)6-5-15(20)19(14)17/h10-14H,3-9H2,1-2H3,(H,18,21)/t10-,11-,12-,13-,14-,17-/m0/s1. The smallest absolute Gasteiger partial charge is 0.243 e. The molecule has 1 N–H and O–H groups in total. The van der Waals surface area contributed by atoms with E-state index in [-0.39, 0.29) is 28.8 Å². The summed E-state index contributed by atoms with van der Waals surface area (Å²) in [5.41, 5.74) is 0. The van der Waals surface area contributed by atoms with Gasteiger partial charge in [0.15, 0.2) is 0 Å². The molecule has 2 heterocycles. The number of rotatable bonds is 3. The first-order valence-corrected chi connectivity index (χ1v) is 9.73. The maximum atomic E-state index is 12.7. The average molecular weight is 322 g/mol. The predicted octanol–water partition coefficient (Wildman–Crippen LogP) is 2.38. The van der Waals surface area contributed by atoms with Gasteiger partial charge < -0.3 is 10.2 Å². The number of thioether (sulfide) groups is 1. The summed E-state index contributed by atoms with van der Waals surface area (Å²) in [6.07, 6.45) is 6.86. The Kier molecular flexibility index (Phi) is 3.48. The number of nitrogens with one attached hydrogen (secondary N) is 1. The minimum Gasteiger partial charge on any atom is -0.352 e. The molecule has 2 aliphatic carbocycles. The van der Waals surface area contributed by atoms with E-state index in [2.05, 4.69) is 19.2 Å². The predicted molar refractivity (Wildman–Crippen MR) is 87.3 cm³/mol. The van der Waals surface area contributed by atoms with E-state index in [0.717, 1.165) is 24.0 Å². The zero-order valence-corrected chi connectivity index (χ0v) is 14.3. The summed E-state index contributed by atoms with van der Waals surface area (Å²) in [6, 6.07) is -0.0107. The van der Waals surface area contributed by atoms with E-state index in [0.29, 0.717) is 12.3 Å². The maximum absolute atomic E-state index is 12.7. The monoisotopic (exact) mass is 322 g/mol. The molecule has 2 amide bonds. The van der Waals surface area contributed by atoms with Gasteiger partial charge >= 0.3 is 0 Å². The second-order valence-electron chi connectivity index (χ2n) is 7.90. The summed E-state index contributed by atoms with van der Waals surface area (Å²) in [7, 11) is 0. The summed E-state index contributed by atoms with van der Waals surface area (Å²) < 4.78 is 0. The lowest BCUT2D eigenvalue weighted by molar-refractivity contribution is -0.138. The molecule has 0 unspecified atom stereocenters. The van der Waals surface area contributed by atoms with Crippen LogP contribution in [-0.2, 0) is 9.59 Å². The summed E-state index contributed by atoms with van der Waals surface area (Å²) in [5.74, 6) is 3.34. The molecule has 4 fully saturated rings. The Bertz CT molecular complexity index is 511. The van der Waals surface area contributed by atoms with Crippen LogP contribution in [0.1, 0.15) is 52.4 Å². The third-order valence-corrected chi connectivity index (χ3v) is 8.06. The van der Waals surface area contributed by atoms with Crippen LogP contribution in [0.4, 0.5) is 0 Å². The van der Waals surface area contributed by atoms with E-state index in [1.165, 1.54) is 25.7 Å². The number of carbonyl (C=O) groups is 2. The largest absolute Gasteiger partial charge is 0.352 e. The maximum Gasteiger partial charge on any atom is 0.243 e. The number of hydrogen-bond acceptors (Lipinski definition) is 3. The number of amides is 2. The highest BCUT2D eigenvalue weighted by atomic mass is 32.2. The van der Waals surface area contributed by atoms with Gasteiger partial charge in [-0.05, 0) is 57.3 Å². The van der Waals surface area contributed by atoms with Crippen LogP contribution >= 0.6 is 11.8 Å². The molecule has 0 aromatic carbocycles. The lowest BCUT2D eigenvalue weighted by atomic mass is 9.84. The van der Waals surface area contributed by atoms with Crippen molar-refractivity contribution in [1.29, 1.82) is 0 Å². The van der Waals surface area contributed by atoms with Crippen molar-refractivity contribution in [2.45, 2.75) is 69.3 Å². The van der Waals surface area contributed by atoms with Crippen LogP contribution in [0.5, 0.6) is 0 Å². The minimum absolute atomic E-state index is 0.0711. The Morgan fingerprint density at radius 3 is 2.91 bits per heavy atom. The molecule has 0 radical (unpaired) electrons. The normalized spacial score (nSPS) is 44.5. The molecule has 122 valence electrons. The summed E-state index contributed by atoms with van der Waals surface area (Å²) in [5, 5.41) is 3.25. The molecule has 2 bridgehead atoms. The van der Waals surface area contributed by atoms with Gasteiger partial charge in [0.05, 0.1) is 4.87 Å². The van der Waals surface area contributed by atoms with Gasteiger partial charge in [-0.2, -0.15) is 0 Å². The molecule has 0 aromatic heterocycles. The molecular weight excluding hydrogens is 296 g/mol. The van der Waals surface area contributed by atoms with Crippen LogP contribution in [-0.4, -0.2) is 39.4 Å². The van der Waals surface area contributed by atoms with Crippen molar-refractivity contribution in [3.63, 3.8) is 0 Å². The molecule has 5 heteroatoms. The molecule has 4 rings (SSSR count). The fourth-order valence-corrected chi connectivity index (χ4v) is 6.78. The van der Waals surface area contributed by atoms with Crippen molar-refractivity contribution in [1.82, 2.24) is 10.2 Å². The first kappa shape index (κ1) is 14.9. The van der Waals surface area contributed by atoms with Gasteiger partial charge in [0.2, 0.25) is 11.8 Å². The van der Waals surface area contributed by atoms with Gasteiger partial charge in [-0.3, -0.25) is 9.59 Å². The van der Waals surface area contributed by atoms with Gasteiger partial charge in [-0.25, -0.2) is 0 Å². The van der Waals surface area contributed by atoms with E-state index in [1.807, 2.05) is 4.90 Å². The minimum atomic E-state index is -0.258. The van der Waals surface area contributed by atoms with E-state index < -0.39 is 0 Å². The topological polar surface area (TPSA) is 49.4 Å². The molecule has 4 aliphatic rings. The van der Waals surface area contributed by atoms with Crippen LogP contribution in [0, 0.1) is 17.8 Å². The third-order valence-electron chi connectivity index (χ3n) is 6.55. The molecule has 6 atom stereocenters. The summed E-state index contributed by atoms with van der Waals surface area (Å²) in [6.45, 7) is 4.27. The van der Waals surface area contributed by atoms with Crippen molar-refractivity contribution in [2.75, 3.05) is 5.75 Å². The highest BCUT2D eigenvalue weighted by Gasteiger charge is 2.53. The van der Waals surface area contributed by atoms with Crippen molar-refractivity contribution in [3.8, 4) is 0 Å². The fraction of sp³-hybridized carbons (Fsp3) is 0.882. The lowest BCUT2D eigenvalue weighted by Crippen LogP contribution is -2.53. The third kappa shape index (κ3) is 2.19. The van der Waals surface area contributed by atoms with E-state index >= 15 is 0 Å². The van der Waals surface area contributed by atoms with Crippen LogP contribution in [0.3, 0.4) is 0 Å². The first-order valence-electron chi connectivity index (χ1n) is 8.74. The Balaban J connectivity index is 1.41. The number of carbonyl (C=O) groups excluding carboxylic acids is 2. The van der Waals surface area contributed by atoms with Crippen molar-refractivity contribution in [2.24, 2.45) is 17.8 Å². The lowest BCUT2D eigenvalue weighted by Gasteiger charge is -2.32. The molecular formula is C17H26N2O2S. The number of nitrogens with zero attached hydrogens (tertiary/aromatic N) is 1. The van der Waals surface area contributed by atoms with Crippen LogP contribution < -0.4 is 5.32 Å². The highest BCUT2D eigenvalue weighted by molar-refractivity contribution is 8.01. The molecule has 4 nitrogen and oxygen atoms in total. The summed E-state index contributed by atoms with van der Waals surface area (Å²) in [4.78, 5) is 26.6. The average Bonchev–Trinajstić information content (AvgIpc) is 3.21. The quantitative estimate of drug-likeness (QED) is 0.868. The second-order valence-corrected chi connectivity index (χ2v) is 9.40. The Hall–Kier alpha value is -0.710. The summed E-state index contributed by atoms with van der Waals surface area (Å²) >= 11 is 1.77. The SMILES string of the molecule is C[C@H](NC(=O)[C@@H]1CS[C@@]2(C)CCC(=O)N12)[C@@H]1C[C@H]2CC[C@H]1C2. The molecule has 2 saturated heterocycles. The van der Waals surface area contributed by atoms with Crippen LogP contribution in [0.25, 0.3) is 0 Å². The molecule has 2 saturated carbocycles. The number of hydrogen-bond donors (Lipinski definition) is 1. The van der Waals surface area contributed by atoms with E-state index in [1.54, 1.807) is 11.8 Å². The Morgan fingerprint density at radius 1 is 1.41 bits per heavy atom. The van der Waals surface area contributed by atoms with Gasteiger partial charge in [0.25, 0.3) is 0 Å². The van der Waals surface area contributed by atoms with Crippen molar-refractivity contribution < 1.29 is 9.59 Å². The van der Waals surface area contributed by atoms with Gasteiger partial charge in [-0.15, -0.1) is 11.8 Å². The van der Waals surface area contributed by atoms with Gasteiger partial charge in [0.1, 0.15) is 6.04 Å². The van der Waals surface area contributed by atoms with Crippen molar-refractivity contribution >= 4 is 23.6 Å². The molecule has 0 spiro atoms.